The summed E-state index contributed by atoms with van der Waals surface area (Å²) in [6, 6.07) is 15.2. The molecule has 2 aromatic carbocycles. The Kier molecular flexibility index (Phi) is 7.30. The van der Waals surface area contributed by atoms with Crippen molar-refractivity contribution < 1.29 is 19.1 Å². The Labute approximate surface area is 174 Å². The molecule has 29 heavy (non-hydrogen) atoms. The molecule has 3 rings (SSSR count). The predicted octanol–water partition coefficient (Wildman–Crippen LogP) is 3.79. The molecular weight excluding hydrogens is 388 g/mol. The lowest BCUT2D eigenvalue weighted by atomic mass is 10.2. The maximum atomic E-state index is 12.1. The fourth-order valence-electron chi connectivity index (χ4n) is 2.97. The van der Waals surface area contributed by atoms with E-state index < -0.39 is 11.9 Å². The van der Waals surface area contributed by atoms with Crippen molar-refractivity contribution in [3.05, 3.63) is 54.1 Å². The van der Waals surface area contributed by atoms with Crippen LogP contribution in [-0.4, -0.2) is 36.7 Å². The number of nitrogens with zero attached hydrogens (tertiary/aromatic N) is 1. The van der Waals surface area contributed by atoms with Crippen molar-refractivity contribution in [3.63, 3.8) is 0 Å². The van der Waals surface area contributed by atoms with Crippen LogP contribution in [0.5, 0.6) is 0 Å². The van der Waals surface area contributed by atoms with E-state index in [1.165, 1.54) is 5.56 Å². The van der Waals surface area contributed by atoms with Gasteiger partial charge in [-0.3, -0.25) is 14.4 Å². The van der Waals surface area contributed by atoms with Crippen LogP contribution in [0.25, 0.3) is 0 Å². The van der Waals surface area contributed by atoms with Crippen LogP contribution in [0.15, 0.2) is 53.4 Å². The first-order chi connectivity index (χ1) is 14.0. The lowest BCUT2D eigenvalue weighted by Crippen LogP contribution is -2.24. The average molecular weight is 413 g/mol. The average Bonchev–Trinajstić information content (AvgIpc) is 3.14. The number of carbonyl (C=O) groups excluding carboxylic acids is 3. The summed E-state index contributed by atoms with van der Waals surface area (Å²) in [6.07, 6.45) is 1.63. The summed E-state index contributed by atoms with van der Waals surface area (Å²) in [5.41, 5.74) is 2.52. The highest BCUT2D eigenvalue weighted by Crippen LogP contribution is 2.24. The van der Waals surface area contributed by atoms with Gasteiger partial charge in [0.05, 0.1) is 6.42 Å². The third kappa shape index (κ3) is 6.35. The number of thioether (sulfide) groups is 1. The molecular formula is C22H24N2O4S. The maximum absolute atomic E-state index is 12.1. The predicted molar refractivity (Wildman–Crippen MR) is 114 cm³/mol. The van der Waals surface area contributed by atoms with Crippen molar-refractivity contribution in [1.29, 1.82) is 0 Å². The summed E-state index contributed by atoms with van der Waals surface area (Å²) in [4.78, 5) is 38.6. The smallest absolute Gasteiger partial charge is 0.307 e. The lowest BCUT2D eigenvalue weighted by Gasteiger charge is -2.16. The zero-order valence-corrected chi connectivity index (χ0v) is 17.2. The van der Waals surface area contributed by atoms with E-state index in [1.54, 1.807) is 34.9 Å². The molecule has 1 N–H and O–H groups in total. The maximum Gasteiger partial charge on any atom is 0.307 e. The molecule has 0 radical (unpaired) electrons. The third-order valence-electron chi connectivity index (χ3n) is 4.48. The van der Waals surface area contributed by atoms with Crippen molar-refractivity contribution in [1.82, 2.24) is 0 Å². The molecule has 0 aliphatic carbocycles. The van der Waals surface area contributed by atoms with Crippen LogP contribution in [-0.2, 0) is 19.1 Å². The molecule has 0 saturated carbocycles. The molecule has 0 unspecified atom stereocenters. The standard InChI is InChI=1S/C22H24N2O4S/c1-16-7-9-19(10-8-16)29-13-11-22(27)28-15-20(25)23-17-4-2-5-18(14-17)24-12-3-6-21(24)26/h2,4-5,7-10,14H,3,6,11-13,15H2,1H3,(H,23,25). The van der Waals surface area contributed by atoms with Crippen LogP contribution >= 0.6 is 11.8 Å². The van der Waals surface area contributed by atoms with Crippen molar-refractivity contribution in [2.75, 3.05) is 29.1 Å². The van der Waals surface area contributed by atoms with Gasteiger partial charge in [0.25, 0.3) is 5.91 Å². The Morgan fingerprint density at radius 3 is 2.69 bits per heavy atom. The van der Waals surface area contributed by atoms with Crippen molar-refractivity contribution in [2.45, 2.75) is 31.1 Å². The Hall–Kier alpha value is -2.80. The van der Waals surface area contributed by atoms with E-state index in [-0.39, 0.29) is 18.9 Å². The fraction of sp³-hybridized carbons (Fsp3) is 0.318. The summed E-state index contributed by atoms with van der Waals surface area (Å²) in [7, 11) is 0. The van der Waals surface area contributed by atoms with Gasteiger partial charge in [-0.05, 0) is 43.7 Å². The molecule has 1 heterocycles. The Morgan fingerprint density at radius 2 is 1.97 bits per heavy atom. The number of benzene rings is 2. The Balaban J connectivity index is 1.39. The molecule has 6 nitrogen and oxygen atoms in total. The number of hydrogen-bond donors (Lipinski definition) is 1. The molecule has 2 aromatic rings. The van der Waals surface area contributed by atoms with Crippen LogP contribution in [0, 0.1) is 6.92 Å². The number of anilines is 2. The largest absolute Gasteiger partial charge is 0.456 e. The van der Waals surface area contributed by atoms with Crippen LogP contribution < -0.4 is 10.2 Å². The Morgan fingerprint density at radius 1 is 1.17 bits per heavy atom. The van der Waals surface area contributed by atoms with E-state index in [0.717, 1.165) is 17.0 Å². The molecule has 0 atom stereocenters. The van der Waals surface area contributed by atoms with Gasteiger partial charge in [0.15, 0.2) is 6.61 Å². The Bertz CT molecular complexity index is 883. The quantitative estimate of drug-likeness (QED) is 0.527. The molecule has 0 spiro atoms. The molecule has 0 bridgehead atoms. The molecule has 1 saturated heterocycles. The minimum atomic E-state index is -0.408. The second-order valence-electron chi connectivity index (χ2n) is 6.82. The third-order valence-corrected chi connectivity index (χ3v) is 5.49. The van der Waals surface area contributed by atoms with Gasteiger partial charge in [-0.2, -0.15) is 0 Å². The summed E-state index contributed by atoms with van der Waals surface area (Å²) in [5, 5.41) is 2.70. The molecule has 1 aliphatic heterocycles. The normalized spacial score (nSPS) is 13.4. The number of esters is 1. The summed E-state index contributed by atoms with van der Waals surface area (Å²) >= 11 is 1.57. The van der Waals surface area contributed by atoms with Crippen molar-refractivity contribution in [2.24, 2.45) is 0 Å². The number of carbonyl (C=O) groups is 3. The topological polar surface area (TPSA) is 75.7 Å². The number of hydrogen-bond acceptors (Lipinski definition) is 5. The van der Waals surface area contributed by atoms with E-state index in [0.29, 0.717) is 24.4 Å². The molecule has 1 fully saturated rings. The minimum Gasteiger partial charge on any atom is -0.456 e. The number of ether oxygens (including phenoxy) is 1. The van der Waals surface area contributed by atoms with Crippen molar-refractivity contribution in [3.8, 4) is 0 Å². The second-order valence-corrected chi connectivity index (χ2v) is 7.99. The second kappa shape index (κ2) is 10.1. The van der Waals surface area contributed by atoms with Gasteiger partial charge in [0.2, 0.25) is 5.91 Å². The zero-order valence-electron chi connectivity index (χ0n) is 16.3. The first kappa shape index (κ1) is 20.9. The van der Waals surface area contributed by atoms with Crippen LogP contribution in [0.2, 0.25) is 0 Å². The summed E-state index contributed by atoms with van der Waals surface area (Å²) in [6.45, 7) is 2.38. The molecule has 0 aromatic heterocycles. The number of rotatable bonds is 8. The fourth-order valence-corrected chi connectivity index (χ4v) is 3.81. The van der Waals surface area contributed by atoms with E-state index in [1.807, 2.05) is 37.3 Å². The highest BCUT2D eigenvalue weighted by atomic mass is 32.2. The monoisotopic (exact) mass is 412 g/mol. The van der Waals surface area contributed by atoms with E-state index in [2.05, 4.69) is 5.32 Å². The van der Waals surface area contributed by atoms with E-state index >= 15 is 0 Å². The SMILES string of the molecule is Cc1ccc(SCCC(=O)OCC(=O)Nc2cccc(N3CCCC3=O)c2)cc1. The summed E-state index contributed by atoms with van der Waals surface area (Å²) in [5.74, 6) is -0.133. The highest BCUT2D eigenvalue weighted by Gasteiger charge is 2.21. The van der Waals surface area contributed by atoms with Gasteiger partial charge < -0.3 is 15.0 Å². The first-order valence-corrected chi connectivity index (χ1v) is 10.6. The van der Waals surface area contributed by atoms with Gasteiger partial charge >= 0.3 is 5.97 Å². The van der Waals surface area contributed by atoms with Gasteiger partial charge in [-0.15, -0.1) is 11.8 Å². The number of amides is 2. The number of aryl methyl sites for hydroxylation is 1. The zero-order chi connectivity index (χ0) is 20.6. The van der Waals surface area contributed by atoms with E-state index in [9.17, 15) is 14.4 Å². The van der Waals surface area contributed by atoms with E-state index in [4.69, 9.17) is 4.74 Å². The van der Waals surface area contributed by atoms with Gasteiger partial charge in [-0.25, -0.2) is 0 Å². The van der Waals surface area contributed by atoms with Gasteiger partial charge in [0, 0.05) is 35.0 Å². The molecule has 7 heteroatoms. The molecule has 152 valence electrons. The highest BCUT2D eigenvalue weighted by molar-refractivity contribution is 7.99. The summed E-state index contributed by atoms with van der Waals surface area (Å²) < 4.78 is 5.05. The van der Waals surface area contributed by atoms with Gasteiger partial charge in [0.1, 0.15) is 0 Å². The number of nitrogens with one attached hydrogen (secondary N) is 1. The first-order valence-electron chi connectivity index (χ1n) is 9.56. The van der Waals surface area contributed by atoms with Crippen molar-refractivity contribution >= 4 is 40.9 Å². The molecule has 2 amide bonds. The van der Waals surface area contributed by atoms with Crippen LogP contribution in [0.4, 0.5) is 11.4 Å². The van der Waals surface area contributed by atoms with Gasteiger partial charge in [-0.1, -0.05) is 23.8 Å². The van der Waals surface area contributed by atoms with Crippen LogP contribution in [0.3, 0.4) is 0 Å². The lowest BCUT2D eigenvalue weighted by molar-refractivity contribution is -0.146. The van der Waals surface area contributed by atoms with Crippen LogP contribution in [0.1, 0.15) is 24.8 Å². The molecule has 1 aliphatic rings. The minimum absolute atomic E-state index is 0.0888.